The third-order valence-electron chi connectivity index (χ3n) is 3.31. The third kappa shape index (κ3) is 4.85. The van der Waals surface area contributed by atoms with Gasteiger partial charge in [0.2, 0.25) is 10.0 Å². The number of halogens is 2. The molecular weight excluding hydrogens is 387 g/mol. The van der Waals surface area contributed by atoms with Crippen molar-refractivity contribution in [2.24, 2.45) is 0 Å². The summed E-state index contributed by atoms with van der Waals surface area (Å²) < 4.78 is 31.5. The van der Waals surface area contributed by atoms with Gasteiger partial charge in [0, 0.05) is 5.69 Å². The van der Waals surface area contributed by atoms with Crippen LogP contribution in [0.5, 0.6) is 5.75 Å². The van der Waals surface area contributed by atoms with Gasteiger partial charge in [0.1, 0.15) is 10.8 Å². The van der Waals surface area contributed by atoms with E-state index in [2.05, 4.69) is 10.0 Å². The van der Waals surface area contributed by atoms with Gasteiger partial charge in [0.25, 0.3) is 5.91 Å². The average Bonchev–Trinajstić information content (AvgIpc) is 2.57. The van der Waals surface area contributed by atoms with Crippen LogP contribution in [-0.2, 0) is 14.8 Å². The van der Waals surface area contributed by atoms with Crippen molar-refractivity contribution < 1.29 is 17.9 Å². The number of aryl methyl sites for hydroxylation is 1. The maximum absolute atomic E-state index is 12.0. The lowest BCUT2D eigenvalue weighted by molar-refractivity contribution is -0.118. The Bertz CT molecular complexity index is 901. The normalized spacial score (nSPS) is 11.2. The molecule has 2 aromatic rings. The summed E-state index contributed by atoms with van der Waals surface area (Å²) in [6.07, 6.45) is 0. The van der Waals surface area contributed by atoms with E-state index in [-0.39, 0.29) is 22.3 Å². The summed E-state index contributed by atoms with van der Waals surface area (Å²) in [4.78, 5) is 12.1. The second-order valence-electron chi connectivity index (χ2n) is 5.08. The Morgan fingerprint density at radius 1 is 1.20 bits per heavy atom. The molecule has 134 valence electrons. The zero-order valence-corrected chi connectivity index (χ0v) is 15.8. The number of sulfonamides is 1. The highest BCUT2D eigenvalue weighted by Crippen LogP contribution is 2.31. The number of carbonyl (C=O) groups is 1. The maximum Gasteiger partial charge on any atom is 0.262 e. The Hall–Kier alpha value is -1.80. The van der Waals surface area contributed by atoms with E-state index in [0.29, 0.717) is 16.3 Å². The standard InChI is InChI=1S/C16H16Cl2N2O4S/c1-10-6-7-11(8-14(10)25(22,23)19-2)20-15(21)9-24-13-5-3-4-12(17)16(13)18/h3-8,19H,9H2,1-2H3,(H,20,21). The molecule has 2 aromatic carbocycles. The number of hydrogen-bond acceptors (Lipinski definition) is 4. The maximum atomic E-state index is 12.0. The highest BCUT2D eigenvalue weighted by Gasteiger charge is 2.16. The number of benzene rings is 2. The zero-order valence-electron chi connectivity index (χ0n) is 13.5. The first-order valence-electron chi connectivity index (χ1n) is 7.15. The van der Waals surface area contributed by atoms with E-state index >= 15 is 0 Å². The first-order valence-corrected chi connectivity index (χ1v) is 9.39. The van der Waals surface area contributed by atoms with E-state index in [1.807, 2.05) is 0 Å². The molecule has 0 spiro atoms. The Morgan fingerprint density at radius 2 is 1.92 bits per heavy atom. The fourth-order valence-electron chi connectivity index (χ4n) is 2.01. The molecule has 0 aliphatic heterocycles. The van der Waals surface area contributed by atoms with Crippen LogP contribution in [-0.4, -0.2) is 28.0 Å². The number of amides is 1. The highest BCUT2D eigenvalue weighted by atomic mass is 35.5. The minimum atomic E-state index is -3.62. The van der Waals surface area contributed by atoms with E-state index in [1.165, 1.54) is 13.1 Å². The summed E-state index contributed by atoms with van der Waals surface area (Å²) in [6, 6.07) is 9.43. The van der Waals surface area contributed by atoms with Gasteiger partial charge in [0.15, 0.2) is 6.61 Å². The van der Waals surface area contributed by atoms with Crippen LogP contribution < -0.4 is 14.8 Å². The molecule has 6 nitrogen and oxygen atoms in total. The van der Waals surface area contributed by atoms with Gasteiger partial charge in [-0.25, -0.2) is 13.1 Å². The van der Waals surface area contributed by atoms with Crippen molar-refractivity contribution in [1.82, 2.24) is 4.72 Å². The van der Waals surface area contributed by atoms with E-state index in [1.54, 1.807) is 37.3 Å². The molecule has 0 saturated carbocycles. The monoisotopic (exact) mass is 402 g/mol. The van der Waals surface area contributed by atoms with E-state index in [0.717, 1.165) is 0 Å². The van der Waals surface area contributed by atoms with Gasteiger partial charge in [-0.3, -0.25) is 4.79 Å². The molecule has 9 heteroatoms. The van der Waals surface area contributed by atoms with Crippen LogP contribution in [0.15, 0.2) is 41.3 Å². The molecule has 0 bridgehead atoms. The molecule has 0 radical (unpaired) electrons. The van der Waals surface area contributed by atoms with Gasteiger partial charge in [-0.15, -0.1) is 0 Å². The summed E-state index contributed by atoms with van der Waals surface area (Å²) in [5, 5.41) is 3.11. The van der Waals surface area contributed by atoms with Crippen molar-refractivity contribution in [1.29, 1.82) is 0 Å². The van der Waals surface area contributed by atoms with Crippen LogP contribution in [0.25, 0.3) is 0 Å². The SMILES string of the molecule is CNS(=O)(=O)c1cc(NC(=O)COc2cccc(Cl)c2Cl)ccc1C. The Balaban J connectivity index is 2.08. The molecule has 0 aromatic heterocycles. The average molecular weight is 403 g/mol. The number of carbonyl (C=O) groups excluding carboxylic acids is 1. The van der Waals surface area contributed by atoms with Gasteiger partial charge >= 0.3 is 0 Å². The molecule has 25 heavy (non-hydrogen) atoms. The predicted octanol–water partition coefficient (Wildman–Crippen LogP) is 3.23. The number of anilines is 1. The van der Waals surface area contributed by atoms with Crippen molar-refractivity contribution in [3.63, 3.8) is 0 Å². The molecule has 2 rings (SSSR count). The topological polar surface area (TPSA) is 84.5 Å². The fraction of sp³-hybridized carbons (Fsp3) is 0.188. The number of nitrogens with one attached hydrogen (secondary N) is 2. The molecule has 0 aliphatic rings. The summed E-state index contributed by atoms with van der Waals surface area (Å²) in [7, 11) is -2.30. The van der Waals surface area contributed by atoms with Crippen molar-refractivity contribution in [3.05, 3.63) is 52.0 Å². The lowest BCUT2D eigenvalue weighted by Crippen LogP contribution is -2.22. The largest absolute Gasteiger partial charge is 0.482 e. The van der Waals surface area contributed by atoms with E-state index < -0.39 is 15.9 Å². The lowest BCUT2D eigenvalue weighted by Gasteiger charge is -2.11. The quantitative estimate of drug-likeness (QED) is 0.776. The molecule has 0 aliphatic carbocycles. The van der Waals surface area contributed by atoms with E-state index in [4.69, 9.17) is 27.9 Å². The van der Waals surface area contributed by atoms with E-state index in [9.17, 15) is 13.2 Å². The Kier molecular flexibility index (Phi) is 6.29. The number of hydrogen-bond donors (Lipinski definition) is 2. The van der Waals surface area contributed by atoms with Crippen molar-refractivity contribution in [3.8, 4) is 5.75 Å². The van der Waals surface area contributed by atoms with Crippen LogP contribution >= 0.6 is 23.2 Å². The molecule has 2 N–H and O–H groups in total. The molecule has 1 amide bonds. The van der Waals surface area contributed by atoms with Crippen LogP contribution in [0.3, 0.4) is 0 Å². The Morgan fingerprint density at radius 3 is 2.60 bits per heavy atom. The molecule has 0 heterocycles. The Labute approximate surface area is 156 Å². The molecule has 0 fully saturated rings. The minimum absolute atomic E-state index is 0.0894. The smallest absolute Gasteiger partial charge is 0.262 e. The lowest BCUT2D eigenvalue weighted by atomic mass is 10.2. The summed E-state index contributed by atoms with van der Waals surface area (Å²) >= 11 is 11.9. The second kappa shape index (κ2) is 8.05. The van der Waals surface area contributed by atoms with Crippen molar-refractivity contribution in [2.75, 3.05) is 19.0 Å². The van der Waals surface area contributed by atoms with Crippen molar-refractivity contribution >= 4 is 44.8 Å². The summed E-state index contributed by atoms with van der Waals surface area (Å²) in [6.45, 7) is 1.36. The van der Waals surface area contributed by atoms with Gasteiger partial charge < -0.3 is 10.1 Å². The summed E-state index contributed by atoms with van der Waals surface area (Å²) in [5.41, 5.74) is 0.902. The molecule has 0 saturated heterocycles. The van der Waals surface area contributed by atoms with Crippen LogP contribution in [0, 0.1) is 6.92 Å². The first kappa shape index (κ1) is 19.5. The van der Waals surface area contributed by atoms with Crippen LogP contribution in [0.4, 0.5) is 5.69 Å². The summed E-state index contributed by atoms with van der Waals surface area (Å²) in [5.74, 6) is -0.181. The predicted molar refractivity (Wildman–Crippen MR) is 98.0 cm³/mol. The number of ether oxygens (including phenoxy) is 1. The second-order valence-corrected chi connectivity index (χ2v) is 7.72. The van der Waals surface area contributed by atoms with Gasteiger partial charge in [-0.05, 0) is 43.8 Å². The minimum Gasteiger partial charge on any atom is -0.482 e. The number of rotatable bonds is 6. The van der Waals surface area contributed by atoms with Crippen LogP contribution in [0.1, 0.15) is 5.56 Å². The molecular formula is C16H16Cl2N2O4S. The van der Waals surface area contributed by atoms with Crippen molar-refractivity contribution in [2.45, 2.75) is 11.8 Å². The van der Waals surface area contributed by atoms with Gasteiger partial charge in [0.05, 0.1) is 9.92 Å². The highest BCUT2D eigenvalue weighted by molar-refractivity contribution is 7.89. The zero-order chi connectivity index (χ0) is 18.6. The fourth-order valence-corrected chi connectivity index (χ4v) is 3.35. The molecule has 0 unspecified atom stereocenters. The third-order valence-corrected chi connectivity index (χ3v) is 5.66. The first-order chi connectivity index (χ1) is 11.7. The van der Waals surface area contributed by atoms with Gasteiger partial charge in [-0.2, -0.15) is 0 Å². The van der Waals surface area contributed by atoms with Gasteiger partial charge in [-0.1, -0.05) is 35.3 Å². The molecule has 0 atom stereocenters. The van der Waals surface area contributed by atoms with Crippen LogP contribution in [0.2, 0.25) is 10.0 Å².